The van der Waals surface area contributed by atoms with Crippen LogP contribution in [-0.2, 0) is 10.0 Å². The van der Waals surface area contributed by atoms with E-state index in [9.17, 15) is 13.2 Å². The molecule has 0 aliphatic heterocycles. The van der Waals surface area contributed by atoms with E-state index in [4.69, 9.17) is 16.7 Å². The number of rotatable bonds is 3. The monoisotopic (exact) mass is 366 g/mol. The van der Waals surface area contributed by atoms with Crippen LogP contribution in [0.1, 0.15) is 23.7 Å². The third-order valence-corrected chi connectivity index (χ3v) is 5.18. The molecule has 8 heteroatoms. The summed E-state index contributed by atoms with van der Waals surface area (Å²) in [6, 6.07) is 2.67. The number of carbonyl (C=O) groups is 1. The largest absolute Gasteiger partial charge is 0.349 e. The molecule has 0 heterocycles. The Bertz CT molecular complexity index is 648. The Morgan fingerprint density at radius 3 is 2.58 bits per heavy atom. The Labute approximate surface area is 124 Å². The van der Waals surface area contributed by atoms with Crippen molar-refractivity contribution in [2.75, 3.05) is 0 Å². The summed E-state index contributed by atoms with van der Waals surface area (Å²) in [6.07, 6.45) is 0.919. The van der Waals surface area contributed by atoms with Gasteiger partial charge in [0, 0.05) is 10.5 Å². The number of nitrogens with one attached hydrogen (secondary N) is 1. The highest BCUT2D eigenvalue weighted by molar-refractivity contribution is 9.10. The molecule has 1 saturated carbocycles. The van der Waals surface area contributed by atoms with Gasteiger partial charge in [0.15, 0.2) is 0 Å². The van der Waals surface area contributed by atoms with Gasteiger partial charge in [-0.3, -0.25) is 4.79 Å². The number of nitrogens with two attached hydrogens (primary N) is 1. The molecule has 1 aromatic carbocycles. The minimum atomic E-state index is -3.92. The smallest absolute Gasteiger partial charge is 0.253 e. The van der Waals surface area contributed by atoms with Crippen LogP contribution in [0.15, 0.2) is 21.5 Å². The molecule has 2 atom stereocenters. The minimum Gasteiger partial charge on any atom is -0.349 e. The molecule has 19 heavy (non-hydrogen) atoms. The van der Waals surface area contributed by atoms with E-state index in [1.54, 1.807) is 0 Å². The fraction of sp³-hybridized carbons (Fsp3) is 0.364. The summed E-state index contributed by atoms with van der Waals surface area (Å²) in [4.78, 5) is 11.8. The Morgan fingerprint density at radius 2 is 2.11 bits per heavy atom. The van der Waals surface area contributed by atoms with E-state index in [2.05, 4.69) is 21.2 Å². The third-order valence-electron chi connectivity index (χ3n) is 3.00. The van der Waals surface area contributed by atoms with Crippen molar-refractivity contribution in [1.82, 2.24) is 5.32 Å². The standard InChI is InChI=1S/C11H12BrClN2O3S/c1-5-2-9(5)15-11(16)6-3-10(19(14,17)18)7(12)4-8(6)13/h3-5,9H,2H2,1H3,(H,15,16)(H2,14,17,18). The molecule has 0 bridgehead atoms. The zero-order valence-electron chi connectivity index (χ0n) is 9.98. The predicted molar refractivity (Wildman–Crippen MR) is 75.6 cm³/mol. The maximum Gasteiger partial charge on any atom is 0.253 e. The van der Waals surface area contributed by atoms with E-state index < -0.39 is 15.9 Å². The van der Waals surface area contributed by atoms with Gasteiger partial charge in [0.25, 0.3) is 5.91 Å². The first-order valence-electron chi connectivity index (χ1n) is 5.53. The Kier molecular flexibility index (Phi) is 3.92. The summed E-state index contributed by atoms with van der Waals surface area (Å²) in [7, 11) is -3.92. The van der Waals surface area contributed by atoms with Crippen molar-refractivity contribution in [3.05, 3.63) is 27.2 Å². The summed E-state index contributed by atoms with van der Waals surface area (Å²) in [5.74, 6) is 0.0487. The summed E-state index contributed by atoms with van der Waals surface area (Å²) >= 11 is 9.02. The van der Waals surface area contributed by atoms with Crippen LogP contribution in [0.2, 0.25) is 5.02 Å². The normalized spacial score (nSPS) is 22.1. The molecule has 1 aliphatic carbocycles. The lowest BCUT2D eigenvalue weighted by Crippen LogP contribution is -2.27. The van der Waals surface area contributed by atoms with Crippen molar-refractivity contribution in [1.29, 1.82) is 0 Å². The van der Waals surface area contributed by atoms with Crippen LogP contribution in [-0.4, -0.2) is 20.4 Å². The van der Waals surface area contributed by atoms with Crippen molar-refractivity contribution >= 4 is 43.5 Å². The van der Waals surface area contributed by atoms with Gasteiger partial charge >= 0.3 is 0 Å². The molecule has 2 rings (SSSR count). The first kappa shape index (κ1) is 14.8. The van der Waals surface area contributed by atoms with Crippen molar-refractivity contribution < 1.29 is 13.2 Å². The average molecular weight is 368 g/mol. The second kappa shape index (κ2) is 5.05. The molecule has 0 saturated heterocycles. The van der Waals surface area contributed by atoms with Gasteiger partial charge in [-0.05, 0) is 40.4 Å². The highest BCUT2D eigenvalue weighted by atomic mass is 79.9. The lowest BCUT2D eigenvalue weighted by atomic mass is 10.2. The van der Waals surface area contributed by atoms with Crippen molar-refractivity contribution in [2.45, 2.75) is 24.3 Å². The Morgan fingerprint density at radius 1 is 1.53 bits per heavy atom. The zero-order chi connectivity index (χ0) is 14.4. The second-order valence-electron chi connectivity index (χ2n) is 4.60. The van der Waals surface area contributed by atoms with Crippen LogP contribution in [0.25, 0.3) is 0 Å². The van der Waals surface area contributed by atoms with Crippen LogP contribution in [0.5, 0.6) is 0 Å². The molecule has 0 spiro atoms. The number of amides is 1. The minimum absolute atomic E-state index is 0.105. The highest BCUT2D eigenvalue weighted by Gasteiger charge is 2.34. The second-order valence-corrected chi connectivity index (χ2v) is 7.39. The quantitative estimate of drug-likeness (QED) is 0.855. The number of carbonyl (C=O) groups excluding carboxylic acids is 1. The molecule has 5 nitrogen and oxygen atoms in total. The molecule has 1 aliphatic rings. The third kappa shape index (κ3) is 3.28. The van der Waals surface area contributed by atoms with Gasteiger partial charge < -0.3 is 5.32 Å². The summed E-state index contributed by atoms with van der Waals surface area (Å²) in [6.45, 7) is 2.02. The molecular weight excluding hydrogens is 356 g/mol. The van der Waals surface area contributed by atoms with Gasteiger partial charge in [0.1, 0.15) is 0 Å². The van der Waals surface area contributed by atoms with Crippen molar-refractivity contribution in [3.63, 3.8) is 0 Å². The molecule has 104 valence electrons. The van der Waals surface area contributed by atoms with Gasteiger partial charge in [-0.25, -0.2) is 13.6 Å². The van der Waals surface area contributed by atoms with E-state index >= 15 is 0 Å². The van der Waals surface area contributed by atoms with E-state index in [1.807, 2.05) is 6.92 Å². The molecule has 3 N–H and O–H groups in total. The Balaban J connectivity index is 2.37. The van der Waals surface area contributed by atoms with E-state index in [0.717, 1.165) is 6.42 Å². The van der Waals surface area contributed by atoms with Crippen molar-refractivity contribution in [3.8, 4) is 0 Å². The molecule has 1 fully saturated rings. The van der Waals surface area contributed by atoms with Gasteiger partial charge in [-0.1, -0.05) is 18.5 Å². The SMILES string of the molecule is CC1CC1NC(=O)c1cc(S(N)(=O)=O)c(Br)cc1Cl. The number of halogens is 2. The topological polar surface area (TPSA) is 89.3 Å². The van der Waals surface area contributed by atoms with Crippen LogP contribution in [0, 0.1) is 5.92 Å². The van der Waals surface area contributed by atoms with Gasteiger partial charge in [0.2, 0.25) is 10.0 Å². The first-order valence-corrected chi connectivity index (χ1v) is 8.24. The summed E-state index contributed by atoms with van der Waals surface area (Å²) in [5, 5.41) is 8.04. The number of primary sulfonamides is 1. The van der Waals surface area contributed by atoms with E-state index in [-0.39, 0.29) is 26.0 Å². The number of benzene rings is 1. The van der Waals surface area contributed by atoms with Gasteiger partial charge in [0.05, 0.1) is 15.5 Å². The molecule has 1 aromatic rings. The van der Waals surface area contributed by atoms with E-state index in [0.29, 0.717) is 5.92 Å². The number of hydrogen-bond donors (Lipinski definition) is 2. The van der Waals surface area contributed by atoms with Crippen LogP contribution in [0.3, 0.4) is 0 Å². The zero-order valence-corrected chi connectivity index (χ0v) is 13.1. The van der Waals surface area contributed by atoms with Crippen molar-refractivity contribution in [2.24, 2.45) is 11.1 Å². The van der Waals surface area contributed by atoms with Gasteiger partial charge in [-0.15, -0.1) is 0 Å². The van der Waals surface area contributed by atoms with Crippen LogP contribution >= 0.6 is 27.5 Å². The van der Waals surface area contributed by atoms with Crippen LogP contribution in [0.4, 0.5) is 0 Å². The molecular formula is C11H12BrClN2O3S. The molecule has 1 amide bonds. The summed E-state index contributed by atoms with van der Waals surface area (Å²) < 4.78 is 23.0. The van der Waals surface area contributed by atoms with Gasteiger partial charge in [-0.2, -0.15) is 0 Å². The van der Waals surface area contributed by atoms with E-state index in [1.165, 1.54) is 12.1 Å². The molecule has 2 unspecified atom stereocenters. The number of sulfonamides is 1. The lowest BCUT2D eigenvalue weighted by Gasteiger charge is -2.09. The molecule has 0 aromatic heterocycles. The lowest BCUT2D eigenvalue weighted by molar-refractivity contribution is 0.0949. The highest BCUT2D eigenvalue weighted by Crippen LogP contribution is 2.31. The fourth-order valence-electron chi connectivity index (χ4n) is 1.69. The average Bonchev–Trinajstić information content (AvgIpc) is 2.91. The predicted octanol–water partition coefficient (Wildman–Crippen LogP) is 1.89. The maximum absolute atomic E-state index is 12.0. The summed E-state index contributed by atoms with van der Waals surface area (Å²) in [5.41, 5.74) is 0.105. The fourth-order valence-corrected chi connectivity index (χ4v) is 3.70. The first-order chi connectivity index (χ1) is 8.70. The molecule has 0 radical (unpaired) electrons. The maximum atomic E-state index is 12.0. The Hall–Kier alpha value is -0.630. The van der Waals surface area contributed by atoms with Crippen LogP contribution < -0.4 is 10.5 Å². The number of hydrogen-bond acceptors (Lipinski definition) is 3.